The van der Waals surface area contributed by atoms with Gasteiger partial charge in [0.1, 0.15) is 0 Å². The topological polar surface area (TPSA) is 29.9 Å². The Morgan fingerprint density at radius 1 is 1.56 bits per heavy atom. The van der Waals surface area contributed by atoms with E-state index in [1.54, 1.807) is 0 Å². The first kappa shape index (κ1) is 15.4. The average Bonchev–Trinajstić information content (AvgIpc) is 2.53. The van der Waals surface area contributed by atoms with Gasteiger partial charge in [0.05, 0.1) is 15.9 Å². The molecule has 0 aromatic carbocycles. The molecule has 1 atom stereocenters. The number of nitrogens with zero attached hydrogens (tertiary/aromatic N) is 2. The van der Waals surface area contributed by atoms with Crippen molar-refractivity contribution in [3.8, 4) is 0 Å². The molecule has 0 fully saturated rings. The summed E-state index contributed by atoms with van der Waals surface area (Å²) >= 11 is 3.62. The molecule has 4 heteroatoms. The highest BCUT2D eigenvalue weighted by atomic mass is 79.9. The van der Waals surface area contributed by atoms with Gasteiger partial charge in [0.25, 0.3) is 0 Å². The smallest absolute Gasteiger partial charge is 0.0738 e. The average molecular weight is 314 g/mol. The fraction of sp³-hybridized carbons (Fsp3) is 0.643. The van der Waals surface area contributed by atoms with Crippen molar-refractivity contribution in [1.29, 1.82) is 0 Å². The minimum absolute atomic E-state index is 0.0347. The molecule has 102 valence electrons. The summed E-state index contributed by atoms with van der Waals surface area (Å²) in [5.74, 6) is 0. The maximum absolute atomic E-state index is 4.44. The number of hydrogen-bond donors (Lipinski definition) is 1. The largest absolute Gasteiger partial charge is 0.314 e. The van der Waals surface area contributed by atoms with E-state index in [0.717, 1.165) is 23.1 Å². The summed E-state index contributed by atoms with van der Waals surface area (Å²) in [6.45, 7) is 13.5. The van der Waals surface area contributed by atoms with Crippen molar-refractivity contribution in [3.63, 3.8) is 0 Å². The van der Waals surface area contributed by atoms with Crippen molar-refractivity contribution in [2.24, 2.45) is 12.5 Å². The van der Waals surface area contributed by atoms with Gasteiger partial charge in [0, 0.05) is 31.5 Å². The van der Waals surface area contributed by atoms with Gasteiger partial charge in [-0.2, -0.15) is 5.10 Å². The van der Waals surface area contributed by atoms with E-state index in [1.165, 1.54) is 5.69 Å². The van der Waals surface area contributed by atoms with Crippen molar-refractivity contribution in [3.05, 3.63) is 28.5 Å². The molecule has 1 rings (SSSR count). The lowest BCUT2D eigenvalue weighted by Crippen LogP contribution is -2.36. The van der Waals surface area contributed by atoms with Crippen LogP contribution < -0.4 is 5.32 Å². The van der Waals surface area contributed by atoms with Gasteiger partial charge in [-0.05, 0) is 22.9 Å². The number of rotatable bonds is 6. The second kappa shape index (κ2) is 6.02. The van der Waals surface area contributed by atoms with Crippen molar-refractivity contribution >= 4 is 15.9 Å². The van der Waals surface area contributed by atoms with Gasteiger partial charge in [-0.3, -0.25) is 4.68 Å². The Morgan fingerprint density at radius 3 is 2.56 bits per heavy atom. The minimum atomic E-state index is 0.0347. The second-order valence-electron chi connectivity index (χ2n) is 5.54. The van der Waals surface area contributed by atoms with E-state index in [2.05, 4.69) is 53.7 Å². The fourth-order valence-corrected chi connectivity index (χ4v) is 2.37. The highest BCUT2D eigenvalue weighted by molar-refractivity contribution is 9.10. The molecule has 1 aromatic rings. The molecule has 0 aliphatic rings. The van der Waals surface area contributed by atoms with Gasteiger partial charge in [-0.25, -0.2) is 0 Å². The van der Waals surface area contributed by atoms with Crippen molar-refractivity contribution in [1.82, 2.24) is 15.1 Å². The lowest BCUT2D eigenvalue weighted by molar-refractivity contribution is 0.364. The third-order valence-electron chi connectivity index (χ3n) is 3.24. The predicted octanol–water partition coefficient (Wildman–Crippen LogP) is 3.22. The molecule has 3 nitrogen and oxygen atoms in total. The van der Waals surface area contributed by atoms with Crippen LogP contribution in [0.15, 0.2) is 17.1 Å². The molecule has 0 saturated heterocycles. The monoisotopic (exact) mass is 313 g/mol. The number of aryl methyl sites for hydroxylation is 2. The molecule has 0 saturated carbocycles. The predicted molar refractivity (Wildman–Crippen MR) is 80.8 cm³/mol. The molecular weight excluding hydrogens is 290 g/mol. The molecule has 0 aliphatic carbocycles. The maximum atomic E-state index is 4.44. The zero-order valence-corrected chi connectivity index (χ0v) is 13.6. The number of nitrogens with one attached hydrogen (secondary N) is 1. The molecule has 0 bridgehead atoms. The molecule has 0 amide bonds. The molecule has 1 unspecified atom stereocenters. The van der Waals surface area contributed by atoms with Crippen LogP contribution >= 0.6 is 15.9 Å². The SMILES string of the molecule is C=CC(C)(CNC(C)C)Cc1c(Br)c(C)nn1C. The summed E-state index contributed by atoms with van der Waals surface area (Å²) in [7, 11) is 1.99. The summed E-state index contributed by atoms with van der Waals surface area (Å²) in [5, 5.41) is 7.93. The van der Waals surface area contributed by atoms with Crippen LogP contribution in [0.3, 0.4) is 0 Å². The van der Waals surface area contributed by atoms with Crippen molar-refractivity contribution in [2.45, 2.75) is 40.2 Å². The Hall–Kier alpha value is -0.610. The molecule has 1 aromatic heterocycles. The molecule has 18 heavy (non-hydrogen) atoms. The van der Waals surface area contributed by atoms with Gasteiger partial charge >= 0.3 is 0 Å². The molecule has 1 N–H and O–H groups in total. The zero-order chi connectivity index (χ0) is 13.9. The van der Waals surface area contributed by atoms with E-state index in [1.807, 2.05) is 24.7 Å². The van der Waals surface area contributed by atoms with Crippen LogP contribution in [0.5, 0.6) is 0 Å². The van der Waals surface area contributed by atoms with Gasteiger partial charge in [-0.1, -0.05) is 26.8 Å². The third kappa shape index (κ3) is 3.69. The van der Waals surface area contributed by atoms with Crippen LogP contribution in [0.4, 0.5) is 0 Å². The van der Waals surface area contributed by atoms with E-state index in [4.69, 9.17) is 0 Å². The lowest BCUT2D eigenvalue weighted by atomic mass is 9.85. The number of halogens is 1. The number of hydrogen-bond acceptors (Lipinski definition) is 2. The van der Waals surface area contributed by atoms with Crippen LogP contribution in [-0.4, -0.2) is 22.4 Å². The first-order valence-corrected chi connectivity index (χ1v) is 7.13. The Kier molecular flexibility index (Phi) is 5.17. The molecule has 0 spiro atoms. The van der Waals surface area contributed by atoms with Crippen LogP contribution in [0.1, 0.15) is 32.2 Å². The Balaban J connectivity index is 2.88. The number of aromatic nitrogens is 2. The quantitative estimate of drug-likeness (QED) is 0.817. The highest BCUT2D eigenvalue weighted by Crippen LogP contribution is 2.29. The van der Waals surface area contributed by atoms with Gasteiger partial charge in [-0.15, -0.1) is 6.58 Å². The standard InChI is InChI=1S/C14H24BrN3/c1-7-14(5,9-16-10(2)3)8-12-13(15)11(4)17-18(12)6/h7,10,16H,1,8-9H2,2-6H3. The van der Waals surface area contributed by atoms with Crippen LogP contribution in [0.25, 0.3) is 0 Å². The van der Waals surface area contributed by atoms with Gasteiger partial charge in [0.2, 0.25) is 0 Å². The second-order valence-corrected chi connectivity index (χ2v) is 6.33. The van der Waals surface area contributed by atoms with Crippen LogP contribution in [0.2, 0.25) is 0 Å². The van der Waals surface area contributed by atoms with Crippen molar-refractivity contribution < 1.29 is 0 Å². The van der Waals surface area contributed by atoms with E-state index in [-0.39, 0.29) is 5.41 Å². The van der Waals surface area contributed by atoms with Crippen LogP contribution in [0, 0.1) is 12.3 Å². The summed E-state index contributed by atoms with van der Waals surface area (Å²) in [4.78, 5) is 0. The van der Waals surface area contributed by atoms with E-state index in [0.29, 0.717) is 6.04 Å². The highest BCUT2D eigenvalue weighted by Gasteiger charge is 2.25. The summed E-state index contributed by atoms with van der Waals surface area (Å²) in [6.07, 6.45) is 2.96. The third-order valence-corrected chi connectivity index (χ3v) is 4.27. The van der Waals surface area contributed by atoms with Gasteiger partial charge < -0.3 is 5.32 Å². The van der Waals surface area contributed by atoms with E-state index in [9.17, 15) is 0 Å². The van der Waals surface area contributed by atoms with Crippen molar-refractivity contribution in [2.75, 3.05) is 6.54 Å². The normalized spacial score (nSPS) is 14.8. The lowest BCUT2D eigenvalue weighted by Gasteiger charge is -2.27. The minimum Gasteiger partial charge on any atom is -0.314 e. The summed E-state index contributed by atoms with van der Waals surface area (Å²) in [5.41, 5.74) is 2.30. The Labute approximate surface area is 119 Å². The Morgan fingerprint density at radius 2 is 2.17 bits per heavy atom. The zero-order valence-electron chi connectivity index (χ0n) is 12.0. The van der Waals surface area contributed by atoms with Crippen LogP contribution in [-0.2, 0) is 13.5 Å². The molecular formula is C14H24BrN3. The molecule has 0 aliphatic heterocycles. The Bertz CT molecular complexity index is 423. The summed E-state index contributed by atoms with van der Waals surface area (Å²) < 4.78 is 3.07. The first-order chi connectivity index (χ1) is 8.29. The van der Waals surface area contributed by atoms with E-state index < -0.39 is 0 Å². The molecule has 0 radical (unpaired) electrons. The fourth-order valence-electron chi connectivity index (χ4n) is 1.90. The summed E-state index contributed by atoms with van der Waals surface area (Å²) in [6, 6.07) is 0.487. The maximum Gasteiger partial charge on any atom is 0.0738 e. The molecule has 1 heterocycles. The van der Waals surface area contributed by atoms with E-state index >= 15 is 0 Å². The first-order valence-electron chi connectivity index (χ1n) is 6.34. The van der Waals surface area contributed by atoms with Gasteiger partial charge in [0.15, 0.2) is 0 Å².